The molecule has 114 valence electrons. The number of hydrogen-bond acceptors (Lipinski definition) is 6. The molecule has 0 spiro atoms. The average molecular weight is 336 g/mol. The molecule has 0 bridgehead atoms. The van der Waals surface area contributed by atoms with Crippen molar-refractivity contribution in [3.8, 4) is 11.3 Å². The van der Waals surface area contributed by atoms with E-state index >= 15 is 0 Å². The van der Waals surface area contributed by atoms with Gasteiger partial charge in [-0.2, -0.15) is 4.98 Å². The number of H-pyrrole nitrogens is 1. The normalized spacial score (nSPS) is 33.3. The van der Waals surface area contributed by atoms with Gasteiger partial charge in [-0.3, -0.25) is 9.55 Å². The molecule has 2 rings (SSSR count). The van der Waals surface area contributed by atoms with Gasteiger partial charge in [-0.05, 0) is 18.5 Å². The van der Waals surface area contributed by atoms with Crippen molar-refractivity contribution >= 4 is 23.2 Å². The number of aliphatic hydroxyl groups is 2. The minimum absolute atomic E-state index is 0.842. The van der Waals surface area contributed by atoms with Crippen LogP contribution in [0.4, 0.5) is 0 Å². The summed E-state index contributed by atoms with van der Waals surface area (Å²) in [6, 6.07) is 0. The van der Waals surface area contributed by atoms with E-state index in [2.05, 4.69) is 10.9 Å². The first-order valence-corrected chi connectivity index (χ1v) is 6.57. The number of alkyl halides is 1. The summed E-state index contributed by atoms with van der Waals surface area (Å²) in [5.41, 5.74) is -1.69. The van der Waals surface area contributed by atoms with E-state index in [0.29, 0.717) is 0 Å². The van der Waals surface area contributed by atoms with Crippen LogP contribution in [0, 0.1) is 11.3 Å². The van der Waals surface area contributed by atoms with Crippen LogP contribution in [0.5, 0.6) is 0 Å². The number of nitrogens with zero attached hydrogens (tertiary/aromatic N) is 2. The zero-order valence-electron chi connectivity index (χ0n) is 10.7. The highest BCUT2D eigenvalue weighted by Crippen LogP contribution is 2.43. The van der Waals surface area contributed by atoms with Crippen molar-refractivity contribution in [1.29, 1.82) is 0 Å². The second kappa shape index (κ2) is 5.79. The van der Waals surface area contributed by atoms with Crippen LogP contribution in [0.15, 0.2) is 15.9 Å². The van der Waals surface area contributed by atoms with Crippen LogP contribution in [0.3, 0.4) is 0 Å². The van der Waals surface area contributed by atoms with Crippen molar-refractivity contribution in [1.82, 2.24) is 14.5 Å². The highest BCUT2D eigenvalue weighted by atomic mass is 35.5. The number of aromatic amines is 1. The first-order valence-electron chi connectivity index (χ1n) is 5.82. The molecule has 3 N–H and O–H groups in total. The Balaban J connectivity index is 2.56. The summed E-state index contributed by atoms with van der Waals surface area (Å²) in [4.78, 5) is 26.3. The Morgan fingerprint density at radius 3 is 2.81 bits per heavy atom. The lowest BCUT2D eigenvalue weighted by Crippen LogP contribution is -2.45. The Morgan fingerprint density at radius 2 is 2.29 bits per heavy atom. The first kappa shape index (κ1) is 16.0. The van der Waals surface area contributed by atoms with Gasteiger partial charge in [-0.1, -0.05) is 17.5 Å². The van der Waals surface area contributed by atoms with E-state index in [1.165, 1.54) is 6.92 Å². The third-order valence-corrected chi connectivity index (χ3v) is 3.70. The van der Waals surface area contributed by atoms with Crippen LogP contribution in [-0.4, -0.2) is 47.9 Å². The van der Waals surface area contributed by atoms with Crippen LogP contribution in [0.1, 0.15) is 13.2 Å². The summed E-state index contributed by atoms with van der Waals surface area (Å²) in [6.45, 7) is 1.38. The molecule has 0 saturated carbocycles. The van der Waals surface area contributed by atoms with Crippen LogP contribution in [0.2, 0.25) is 0 Å². The predicted molar refractivity (Wildman–Crippen MR) is 72.9 cm³/mol. The minimum Gasteiger partial charge on any atom is -0.391 e. The lowest BCUT2D eigenvalue weighted by atomic mass is 9.97. The third-order valence-electron chi connectivity index (χ3n) is 3.10. The fraction of sp³-hybridized carbons (Fsp3) is 0.545. The van der Waals surface area contributed by atoms with E-state index in [0.717, 1.165) is 10.9 Å². The van der Waals surface area contributed by atoms with Gasteiger partial charge in [0.2, 0.25) is 0 Å². The zero-order chi connectivity index (χ0) is 15.8. The fourth-order valence-corrected chi connectivity index (χ4v) is 2.62. The number of aromatic nitrogens is 3. The molecule has 1 aromatic heterocycles. The van der Waals surface area contributed by atoms with Crippen molar-refractivity contribution < 1.29 is 14.9 Å². The lowest BCUT2D eigenvalue weighted by molar-refractivity contribution is -0.0776. The molecule has 0 amide bonds. The molecule has 1 aromatic rings. The Bertz CT molecular complexity index is 706. The van der Waals surface area contributed by atoms with Crippen molar-refractivity contribution in [3.63, 3.8) is 0 Å². The summed E-state index contributed by atoms with van der Waals surface area (Å²) in [7, 11) is 0. The Kier molecular flexibility index (Phi) is 4.41. The van der Waals surface area contributed by atoms with Gasteiger partial charge in [0.25, 0.3) is 0 Å². The molecular formula is C11H11Cl2N3O5. The molecule has 0 aromatic carbocycles. The quantitative estimate of drug-likeness (QED) is 0.459. The van der Waals surface area contributed by atoms with Crippen molar-refractivity contribution in [2.45, 2.75) is 36.3 Å². The van der Waals surface area contributed by atoms with Gasteiger partial charge in [0, 0.05) is 5.38 Å². The zero-order valence-corrected chi connectivity index (χ0v) is 12.2. The third kappa shape index (κ3) is 2.71. The van der Waals surface area contributed by atoms with Crippen LogP contribution in [-0.2, 0) is 4.74 Å². The smallest absolute Gasteiger partial charge is 0.350 e. The number of rotatable bonds is 2. The number of hydrogen-bond donors (Lipinski definition) is 3. The molecular weight excluding hydrogens is 325 g/mol. The number of nitrogens with one attached hydrogen (secondary N) is 1. The highest BCUT2D eigenvalue weighted by Gasteiger charge is 2.57. The largest absolute Gasteiger partial charge is 0.391 e. The fourth-order valence-electron chi connectivity index (χ4n) is 2.08. The first-order chi connectivity index (χ1) is 9.81. The summed E-state index contributed by atoms with van der Waals surface area (Å²) < 4.78 is 6.28. The van der Waals surface area contributed by atoms with Gasteiger partial charge < -0.3 is 14.9 Å². The molecule has 21 heavy (non-hydrogen) atoms. The maximum Gasteiger partial charge on any atom is 0.350 e. The molecule has 1 unspecified atom stereocenters. The summed E-state index contributed by atoms with van der Waals surface area (Å²) in [6.07, 6.45) is -3.97. The standard InChI is InChI=1S/C11H11Cl2N3O5/c1-5(17)6-7(18)11(13,2-3-12)8(21-6)16-4-14-9(19)15-10(16)20/h4-8,17-18H,1H3,(H,15,19,20)/t5-,6-,7+,8-,11?/m1/s1. The van der Waals surface area contributed by atoms with Gasteiger partial charge in [-0.25, -0.2) is 9.59 Å². The molecule has 0 radical (unpaired) electrons. The van der Waals surface area contributed by atoms with Crippen LogP contribution >= 0.6 is 23.2 Å². The molecule has 0 aliphatic carbocycles. The van der Waals surface area contributed by atoms with Crippen molar-refractivity contribution in [2.75, 3.05) is 0 Å². The van der Waals surface area contributed by atoms with Crippen molar-refractivity contribution in [3.05, 3.63) is 27.3 Å². The number of halogens is 2. The Labute approximate surface area is 128 Å². The van der Waals surface area contributed by atoms with E-state index in [1.54, 1.807) is 0 Å². The molecule has 5 atom stereocenters. The van der Waals surface area contributed by atoms with Crippen LogP contribution < -0.4 is 11.4 Å². The molecule has 1 saturated heterocycles. The monoisotopic (exact) mass is 335 g/mol. The molecule has 10 heteroatoms. The molecule has 2 heterocycles. The molecule has 1 aliphatic rings. The van der Waals surface area contributed by atoms with Gasteiger partial charge in [-0.15, -0.1) is 0 Å². The molecule has 1 aliphatic heterocycles. The topological polar surface area (TPSA) is 117 Å². The van der Waals surface area contributed by atoms with E-state index in [1.807, 2.05) is 10.4 Å². The van der Waals surface area contributed by atoms with Gasteiger partial charge >= 0.3 is 11.4 Å². The summed E-state index contributed by atoms with van der Waals surface area (Å²) >= 11 is 11.6. The molecule has 8 nitrogen and oxygen atoms in total. The highest BCUT2D eigenvalue weighted by molar-refractivity contribution is 6.32. The number of aliphatic hydroxyl groups excluding tert-OH is 2. The van der Waals surface area contributed by atoms with Crippen molar-refractivity contribution in [2.24, 2.45) is 0 Å². The predicted octanol–water partition coefficient (Wildman–Crippen LogP) is -1.25. The van der Waals surface area contributed by atoms with Gasteiger partial charge in [0.15, 0.2) is 11.1 Å². The summed E-state index contributed by atoms with van der Waals surface area (Å²) in [5, 5.41) is 21.8. The minimum atomic E-state index is -1.78. The SMILES string of the molecule is C[C@@H](O)[C@H]1O[C@@H](n2cnc(=O)[nH]c2=O)C(Cl)(C#CCl)[C@H]1O. The lowest BCUT2D eigenvalue weighted by Gasteiger charge is -2.25. The van der Waals surface area contributed by atoms with E-state index in [4.69, 9.17) is 27.9 Å². The second-order valence-electron chi connectivity index (χ2n) is 4.51. The van der Waals surface area contributed by atoms with E-state index in [9.17, 15) is 19.8 Å². The van der Waals surface area contributed by atoms with Gasteiger partial charge in [0.05, 0.1) is 6.10 Å². The van der Waals surface area contributed by atoms with Crippen LogP contribution in [0.25, 0.3) is 0 Å². The second-order valence-corrected chi connectivity index (χ2v) is 5.33. The molecule has 1 fully saturated rings. The van der Waals surface area contributed by atoms with E-state index < -0.39 is 40.8 Å². The van der Waals surface area contributed by atoms with Gasteiger partial charge in [0.1, 0.15) is 18.5 Å². The maximum atomic E-state index is 11.8. The van der Waals surface area contributed by atoms with E-state index in [-0.39, 0.29) is 0 Å². The Morgan fingerprint density at radius 1 is 1.62 bits per heavy atom. The maximum absolute atomic E-state index is 11.8. The number of ether oxygens (including phenoxy) is 1. The summed E-state index contributed by atoms with van der Waals surface area (Å²) in [5.74, 6) is 2.36. The Hall–Kier alpha value is -1.37. The average Bonchev–Trinajstić information content (AvgIpc) is 2.64.